The van der Waals surface area contributed by atoms with Crippen molar-refractivity contribution >= 4 is 0 Å². The van der Waals surface area contributed by atoms with Crippen LogP contribution in [0.3, 0.4) is 0 Å². The maximum absolute atomic E-state index is 10.3. The molecular weight excluding hydrogens is 366 g/mol. The van der Waals surface area contributed by atoms with Gasteiger partial charge in [0.25, 0.3) is 0 Å². The molecule has 0 aromatic heterocycles. The molecule has 0 aromatic carbocycles. The van der Waals surface area contributed by atoms with Crippen molar-refractivity contribution in [3.05, 3.63) is 0 Å². The normalized spacial score (nSPS) is 45.8. The Balaban J connectivity index is 1.91. The number of hydrogen-bond donors (Lipinski definition) is 6. The zero-order valence-corrected chi connectivity index (χ0v) is 15.7. The van der Waals surface area contributed by atoms with Crippen molar-refractivity contribution in [2.75, 3.05) is 27.4 Å². The molecule has 4 unspecified atom stereocenters. The van der Waals surface area contributed by atoms with Crippen LogP contribution in [0, 0.1) is 0 Å². The predicted molar refractivity (Wildman–Crippen MR) is 89.4 cm³/mol. The van der Waals surface area contributed by atoms with Gasteiger partial charge in [-0.25, -0.2) is 0 Å². The smallest absolute Gasteiger partial charge is 0.159 e. The van der Waals surface area contributed by atoms with Crippen LogP contribution in [0.5, 0.6) is 0 Å². The SMILES string of the molecule is CC[C@H]1OC(COC[C@H]2OC(NOC)[C@@H](O)[C@@H](OC)C2O)[C@@H](O)[C@@H](O)C1O. The third-order valence-electron chi connectivity index (χ3n) is 4.97. The van der Waals surface area contributed by atoms with Crippen molar-refractivity contribution in [2.24, 2.45) is 0 Å². The highest BCUT2D eigenvalue weighted by Gasteiger charge is 2.46. The summed E-state index contributed by atoms with van der Waals surface area (Å²) in [5.41, 5.74) is 2.48. The summed E-state index contributed by atoms with van der Waals surface area (Å²) >= 11 is 0. The molecule has 0 amide bonds. The van der Waals surface area contributed by atoms with Gasteiger partial charge in [0.2, 0.25) is 0 Å². The van der Waals surface area contributed by atoms with Crippen molar-refractivity contribution in [2.45, 2.75) is 74.5 Å². The maximum Gasteiger partial charge on any atom is 0.159 e. The minimum absolute atomic E-state index is 0.0857. The third-order valence-corrected chi connectivity index (χ3v) is 4.97. The summed E-state index contributed by atoms with van der Waals surface area (Å²) in [6.07, 6.45) is -9.83. The summed E-state index contributed by atoms with van der Waals surface area (Å²) in [7, 11) is 2.72. The first-order chi connectivity index (χ1) is 12.8. The van der Waals surface area contributed by atoms with E-state index < -0.39 is 61.2 Å². The lowest BCUT2D eigenvalue weighted by atomic mass is 9.94. The summed E-state index contributed by atoms with van der Waals surface area (Å²) < 4.78 is 21.8. The first kappa shape index (κ1) is 22.8. The van der Waals surface area contributed by atoms with Crippen LogP contribution in [0.4, 0.5) is 0 Å². The van der Waals surface area contributed by atoms with Crippen molar-refractivity contribution in [1.29, 1.82) is 0 Å². The molecule has 2 saturated heterocycles. The number of methoxy groups -OCH3 is 1. The van der Waals surface area contributed by atoms with Crippen molar-refractivity contribution in [3.63, 3.8) is 0 Å². The Morgan fingerprint density at radius 2 is 1.37 bits per heavy atom. The topological polar surface area (TPSA) is 159 Å². The molecule has 0 aliphatic carbocycles. The van der Waals surface area contributed by atoms with E-state index in [0.717, 1.165) is 0 Å². The van der Waals surface area contributed by atoms with E-state index in [0.29, 0.717) is 6.42 Å². The van der Waals surface area contributed by atoms with Crippen LogP contribution in [-0.2, 0) is 23.8 Å². The molecule has 27 heavy (non-hydrogen) atoms. The molecular formula is C16H31NO10. The van der Waals surface area contributed by atoms with E-state index in [2.05, 4.69) is 5.48 Å². The Morgan fingerprint density at radius 3 is 1.93 bits per heavy atom. The Bertz CT molecular complexity index is 441. The Morgan fingerprint density at radius 1 is 0.778 bits per heavy atom. The Kier molecular flexibility index (Phi) is 8.77. The first-order valence-electron chi connectivity index (χ1n) is 8.95. The van der Waals surface area contributed by atoms with Gasteiger partial charge >= 0.3 is 0 Å². The lowest BCUT2D eigenvalue weighted by molar-refractivity contribution is -0.270. The summed E-state index contributed by atoms with van der Waals surface area (Å²) in [5, 5.41) is 50.3. The van der Waals surface area contributed by atoms with Gasteiger partial charge in [0.05, 0.1) is 26.4 Å². The van der Waals surface area contributed by atoms with Crippen LogP contribution < -0.4 is 5.48 Å². The fraction of sp³-hybridized carbons (Fsp3) is 1.00. The molecule has 2 fully saturated rings. The number of ether oxygens (including phenoxy) is 4. The molecule has 0 bridgehead atoms. The first-order valence-corrected chi connectivity index (χ1v) is 8.95. The number of aliphatic hydroxyl groups excluding tert-OH is 5. The number of hydroxylamine groups is 1. The summed E-state index contributed by atoms with van der Waals surface area (Å²) in [5.74, 6) is 0. The molecule has 11 heteroatoms. The van der Waals surface area contributed by atoms with Crippen molar-refractivity contribution in [3.8, 4) is 0 Å². The monoisotopic (exact) mass is 397 g/mol. The lowest BCUT2D eigenvalue weighted by Crippen LogP contribution is -2.63. The summed E-state index contributed by atoms with van der Waals surface area (Å²) in [4.78, 5) is 4.77. The van der Waals surface area contributed by atoms with Gasteiger partial charge in [-0.3, -0.25) is 0 Å². The lowest BCUT2D eigenvalue weighted by Gasteiger charge is -2.42. The molecule has 6 N–H and O–H groups in total. The second-order valence-corrected chi connectivity index (χ2v) is 6.73. The van der Waals surface area contributed by atoms with Gasteiger partial charge in [0.15, 0.2) is 6.23 Å². The number of hydrogen-bond acceptors (Lipinski definition) is 11. The van der Waals surface area contributed by atoms with Crippen LogP contribution in [0.1, 0.15) is 13.3 Å². The highest BCUT2D eigenvalue weighted by Crippen LogP contribution is 2.25. The molecule has 2 rings (SSSR count). The number of rotatable bonds is 8. The van der Waals surface area contributed by atoms with Gasteiger partial charge in [-0.15, -0.1) is 0 Å². The van der Waals surface area contributed by atoms with E-state index in [1.54, 1.807) is 6.92 Å². The van der Waals surface area contributed by atoms with Crippen LogP contribution >= 0.6 is 0 Å². The number of aliphatic hydroxyl groups is 5. The second kappa shape index (κ2) is 10.4. The van der Waals surface area contributed by atoms with E-state index in [1.807, 2.05) is 0 Å². The van der Waals surface area contributed by atoms with Gasteiger partial charge in [0, 0.05) is 7.11 Å². The fourth-order valence-corrected chi connectivity index (χ4v) is 3.37. The minimum Gasteiger partial charge on any atom is -0.388 e. The maximum atomic E-state index is 10.3. The number of nitrogens with one attached hydrogen (secondary N) is 1. The molecule has 0 radical (unpaired) electrons. The van der Waals surface area contributed by atoms with Gasteiger partial charge in [-0.2, -0.15) is 5.48 Å². The average molecular weight is 397 g/mol. The van der Waals surface area contributed by atoms with Gasteiger partial charge < -0.3 is 49.3 Å². The summed E-state index contributed by atoms with van der Waals surface area (Å²) in [6, 6.07) is 0. The molecule has 2 aliphatic rings. The predicted octanol–water partition coefficient (Wildman–Crippen LogP) is -3.12. The second-order valence-electron chi connectivity index (χ2n) is 6.73. The van der Waals surface area contributed by atoms with Crippen LogP contribution in [-0.4, -0.2) is 114 Å². The van der Waals surface area contributed by atoms with Crippen molar-refractivity contribution in [1.82, 2.24) is 5.48 Å². The zero-order chi connectivity index (χ0) is 20.1. The minimum atomic E-state index is -1.34. The quantitative estimate of drug-likeness (QED) is 0.230. The van der Waals surface area contributed by atoms with Gasteiger partial charge in [-0.1, -0.05) is 6.92 Å². The summed E-state index contributed by atoms with van der Waals surface area (Å²) in [6.45, 7) is 1.62. The molecule has 10 atom stereocenters. The van der Waals surface area contributed by atoms with Crippen LogP contribution in [0.15, 0.2) is 0 Å². The Hall–Kier alpha value is -0.440. The third kappa shape index (κ3) is 5.14. The van der Waals surface area contributed by atoms with Crippen LogP contribution in [0.2, 0.25) is 0 Å². The standard InChI is InChI=1S/C16H31NO10/c1-4-7-10(18)13(21)11(19)8(26-7)5-25-6-9-12(20)15(23-2)14(22)16(27-9)17-24-3/h7-22H,4-6H2,1-3H3/t7-,8?,9-,10?,11-,12?,13+,14+,15+,16?/m1/s1. The molecule has 0 spiro atoms. The van der Waals surface area contributed by atoms with E-state index in [1.165, 1.54) is 14.2 Å². The van der Waals surface area contributed by atoms with E-state index in [-0.39, 0.29) is 13.2 Å². The highest BCUT2D eigenvalue weighted by molar-refractivity contribution is 4.93. The highest BCUT2D eigenvalue weighted by atomic mass is 16.7. The molecule has 0 saturated carbocycles. The molecule has 2 aliphatic heterocycles. The molecule has 2 heterocycles. The van der Waals surface area contributed by atoms with Gasteiger partial charge in [-0.05, 0) is 6.42 Å². The van der Waals surface area contributed by atoms with E-state index in [9.17, 15) is 25.5 Å². The van der Waals surface area contributed by atoms with Crippen molar-refractivity contribution < 1.29 is 49.3 Å². The van der Waals surface area contributed by atoms with E-state index >= 15 is 0 Å². The van der Waals surface area contributed by atoms with E-state index in [4.69, 9.17) is 23.8 Å². The van der Waals surface area contributed by atoms with Crippen LogP contribution in [0.25, 0.3) is 0 Å². The molecule has 160 valence electrons. The molecule has 0 aromatic rings. The molecule has 11 nitrogen and oxygen atoms in total. The average Bonchev–Trinajstić information content (AvgIpc) is 2.65. The Labute approximate surface area is 157 Å². The largest absolute Gasteiger partial charge is 0.388 e. The fourth-order valence-electron chi connectivity index (χ4n) is 3.37. The van der Waals surface area contributed by atoms with Gasteiger partial charge in [0.1, 0.15) is 48.8 Å². The zero-order valence-electron chi connectivity index (χ0n) is 15.7.